The van der Waals surface area contributed by atoms with E-state index in [0.29, 0.717) is 16.6 Å². The lowest BCUT2D eigenvalue weighted by molar-refractivity contribution is -0.139. The van der Waals surface area contributed by atoms with Gasteiger partial charge in [-0.1, -0.05) is 30.0 Å². The van der Waals surface area contributed by atoms with Gasteiger partial charge in [0.15, 0.2) is 0 Å². The predicted octanol–water partition coefficient (Wildman–Crippen LogP) is 2.53. The van der Waals surface area contributed by atoms with Crippen LogP contribution in [0.4, 0.5) is 4.79 Å². The lowest BCUT2D eigenvalue weighted by Crippen LogP contribution is -2.46. The number of hydrogen-bond donors (Lipinski definition) is 2. The Balaban J connectivity index is 1.66. The summed E-state index contributed by atoms with van der Waals surface area (Å²) in [6, 6.07) is 9.91. The summed E-state index contributed by atoms with van der Waals surface area (Å²) in [6.45, 7) is 3.89. The van der Waals surface area contributed by atoms with Crippen molar-refractivity contribution < 1.29 is 18.7 Å². The normalized spacial score (nSPS) is 16.1. The Morgan fingerprint density at radius 3 is 2.87 bits per heavy atom. The second-order valence-corrected chi connectivity index (χ2v) is 7.55. The molecule has 1 aliphatic rings. The number of urea groups is 1. The topological polar surface area (TPSA) is 124 Å². The number of aromatic nitrogens is 4. The molecule has 11 heteroatoms. The van der Waals surface area contributed by atoms with Crippen LogP contribution in [0.5, 0.6) is 0 Å². The molecule has 0 saturated heterocycles. The van der Waals surface area contributed by atoms with Gasteiger partial charge < -0.3 is 19.8 Å². The third-order valence-electron chi connectivity index (χ3n) is 4.61. The van der Waals surface area contributed by atoms with Crippen LogP contribution in [0.15, 0.2) is 63.5 Å². The zero-order valence-corrected chi connectivity index (χ0v) is 17.7. The Labute approximate surface area is 182 Å². The molecule has 1 unspecified atom stereocenters. The van der Waals surface area contributed by atoms with E-state index in [9.17, 15) is 9.59 Å². The molecule has 0 spiro atoms. The highest BCUT2D eigenvalue weighted by Gasteiger charge is 2.35. The minimum atomic E-state index is -0.759. The molecular weight excluding hydrogens is 420 g/mol. The van der Waals surface area contributed by atoms with E-state index < -0.39 is 18.0 Å². The van der Waals surface area contributed by atoms with Gasteiger partial charge in [0.05, 0.1) is 24.1 Å². The number of esters is 1. The van der Waals surface area contributed by atoms with Crippen LogP contribution >= 0.6 is 11.8 Å². The zero-order valence-electron chi connectivity index (χ0n) is 16.9. The molecule has 0 bridgehead atoms. The summed E-state index contributed by atoms with van der Waals surface area (Å²) >= 11 is 1.29. The Bertz CT molecular complexity index is 1120. The molecule has 3 aromatic rings. The molecule has 1 atom stereocenters. The average molecular weight is 440 g/mol. The summed E-state index contributed by atoms with van der Waals surface area (Å²) in [4.78, 5) is 25.0. The second-order valence-electron chi connectivity index (χ2n) is 6.61. The van der Waals surface area contributed by atoms with Gasteiger partial charge in [0.1, 0.15) is 11.8 Å². The molecule has 3 heterocycles. The summed E-state index contributed by atoms with van der Waals surface area (Å²) in [5, 5.41) is 17.9. The van der Waals surface area contributed by atoms with E-state index in [4.69, 9.17) is 9.15 Å². The van der Waals surface area contributed by atoms with E-state index in [1.165, 1.54) is 18.0 Å². The molecule has 160 valence electrons. The number of carbonyl (C=O) groups is 2. The summed E-state index contributed by atoms with van der Waals surface area (Å²) in [6.07, 6.45) is 1.48. The number of rotatable bonds is 7. The maximum atomic E-state index is 12.7. The van der Waals surface area contributed by atoms with Crippen molar-refractivity contribution in [2.45, 2.75) is 25.0 Å². The minimum absolute atomic E-state index is 0.201. The number of benzene rings is 1. The van der Waals surface area contributed by atoms with Crippen molar-refractivity contribution in [3.8, 4) is 5.69 Å². The van der Waals surface area contributed by atoms with Gasteiger partial charge in [-0.15, -0.1) is 5.10 Å². The lowest BCUT2D eigenvalue weighted by atomic mass is 10.0. The molecule has 10 nitrogen and oxygen atoms in total. The van der Waals surface area contributed by atoms with Gasteiger partial charge in [0.2, 0.25) is 5.16 Å². The van der Waals surface area contributed by atoms with E-state index in [1.54, 1.807) is 23.7 Å². The molecule has 2 aromatic heterocycles. The van der Waals surface area contributed by atoms with Crippen molar-refractivity contribution in [1.29, 1.82) is 0 Å². The van der Waals surface area contributed by atoms with E-state index >= 15 is 0 Å². The van der Waals surface area contributed by atoms with Crippen molar-refractivity contribution in [1.82, 2.24) is 30.8 Å². The van der Waals surface area contributed by atoms with Gasteiger partial charge in [-0.2, -0.15) is 4.68 Å². The number of hydrogen-bond acceptors (Lipinski definition) is 8. The first-order valence-corrected chi connectivity index (χ1v) is 10.5. The third kappa shape index (κ3) is 4.31. The molecule has 0 fully saturated rings. The molecule has 1 aromatic carbocycles. The van der Waals surface area contributed by atoms with Crippen LogP contribution in [-0.2, 0) is 9.53 Å². The van der Waals surface area contributed by atoms with E-state index in [1.807, 2.05) is 31.2 Å². The number of nitrogens with zero attached hydrogens (tertiary/aromatic N) is 4. The van der Waals surface area contributed by atoms with Gasteiger partial charge in [0.25, 0.3) is 0 Å². The second kappa shape index (κ2) is 9.04. The number of nitrogens with one attached hydrogen (secondary N) is 2. The number of furan rings is 1. The average Bonchev–Trinajstić information content (AvgIpc) is 3.44. The standard InChI is InChI=1S/C20H20N6O4S/c1-3-29-18(27)16-13(21-19(28)22-17(16)15-9-6-10-30-15)11-31-20-23-24-25-26(20)14-8-5-4-7-12(14)2/h4-10,17H,3,11H2,1-2H3,(H2,21,22,28). The molecule has 2 N–H and O–H groups in total. The first-order valence-electron chi connectivity index (χ1n) is 9.56. The molecule has 1 aliphatic heterocycles. The SMILES string of the molecule is CCOC(=O)C1=C(CSc2nnnn2-c2ccccc2C)NC(=O)NC1c1ccco1. The lowest BCUT2D eigenvalue weighted by Gasteiger charge is -2.27. The minimum Gasteiger partial charge on any atom is -0.467 e. The largest absolute Gasteiger partial charge is 0.467 e. The first-order chi connectivity index (χ1) is 15.1. The van der Waals surface area contributed by atoms with Crippen LogP contribution in [0.2, 0.25) is 0 Å². The maximum Gasteiger partial charge on any atom is 0.338 e. The van der Waals surface area contributed by atoms with Crippen LogP contribution in [0.25, 0.3) is 5.69 Å². The highest BCUT2D eigenvalue weighted by Crippen LogP contribution is 2.31. The third-order valence-corrected chi connectivity index (χ3v) is 5.55. The highest BCUT2D eigenvalue weighted by molar-refractivity contribution is 7.99. The molecule has 2 amide bonds. The highest BCUT2D eigenvalue weighted by atomic mass is 32.2. The smallest absolute Gasteiger partial charge is 0.338 e. The molecule has 4 rings (SSSR count). The number of ether oxygens (including phenoxy) is 1. The Morgan fingerprint density at radius 1 is 1.29 bits per heavy atom. The van der Waals surface area contributed by atoms with Crippen LogP contribution in [0.1, 0.15) is 24.3 Å². The molecule has 0 saturated carbocycles. The van der Waals surface area contributed by atoms with Crippen molar-refractivity contribution in [2.75, 3.05) is 12.4 Å². The Hall–Kier alpha value is -3.60. The van der Waals surface area contributed by atoms with Crippen molar-refractivity contribution in [3.05, 3.63) is 65.3 Å². The molecule has 31 heavy (non-hydrogen) atoms. The number of carbonyl (C=O) groups excluding carboxylic acids is 2. The van der Waals surface area contributed by atoms with E-state index in [2.05, 4.69) is 26.2 Å². The van der Waals surface area contributed by atoms with E-state index in [-0.39, 0.29) is 17.9 Å². The zero-order chi connectivity index (χ0) is 21.8. The quantitative estimate of drug-likeness (QED) is 0.424. The fourth-order valence-electron chi connectivity index (χ4n) is 3.21. The van der Waals surface area contributed by atoms with Crippen LogP contribution in [-0.4, -0.2) is 44.6 Å². The number of tetrazole rings is 1. The van der Waals surface area contributed by atoms with Gasteiger partial charge in [0, 0.05) is 11.4 Å². The monoisotopic (exact) mass is 440 g/mol. The van der Waals surface area contributed by atoms with Gasteiger partial charge in [-0.05, 0) is 48.0 Å². The number of aryl methyl sites for hydroxylation is 1. The summed E-state index contributed by atoms with van der Waals surface area (Å²) < 4.78 is 12.3. The predicted molar refractivity (Wildman–Crippen MR) is 111 cm³/mol. The molecular formula is C20H20N6O4S. The van der Waals surface area contributed by atoms with Crippen molar-refractivity contribution in [3.63, 3.8) is 0 Å². The Morgan fingerprint density at radius 2 is 2.13 bits per heavy atom. The van der Waals surface area contributed by atoms with Gasteiger partial charge in [-0.3, -0.25) is 0 Å². The van der Waals surface area contributed by atoms with Crippen LogP contribution in [0.3, 0.4) is 0 Å². The van der Waals surface area contributed by atoms with Gasteiger partial charge >= 0.3 is 12.0 Å². The summed E-state index contributed by atoms with van der Waals surface area (Å²) in [7, 11) is 0. The molecule has 0 aliphatic carbocycles. The fourth-order valence-corrected chi connectivity index (χ4v) is 4.06. The van der Waals surface area contributed by atoms with Gasteiger partial charge in [-0.25, -0.2) is 9.59 Å². The fraction of sp³-hybridized carbons (Fsp3) is 0.250. The molecule has 0 radical (unpaired) electrons. The van der Waals surface area contributed by atoms with Crippen molar-refractivity contribution in [2.24, 2.45) is 0 Å². The summed E-state index contributed by atoms with van der Waals surface area (Å²) in [5.74, 6) is 0.140. The first kappa shape index (κ1) is 20.7. The van der Waals surface area contributed by atoms with E-state index in [0.717, 1.165) is 11.3 Å². The number of amides is 2. The number of para-hydroxylation sites is 1. The van der Waals surface area contributed by atoms with Crippen LogP contribution in [0, 0.1) is 6.92 Å². The van der Waals surface area contributed by atoms with Crippen LogP contribution < -0.4 is 10.6 Å². The van der Waals surface area contributed by atoms with Crippen molar-refractivity contribution >= 4 is 23.8 Å². The maximum absolute atomic E-state index is 12.7. The Kier molecular flexibility index (Phi) is 6.03. The summed E-state index contributed by atoms with van der Waals surface area (Å²) in [5.41, 5.74) is 2.54. The number of thioether (sulfide) groups is 1.